The smallest absolute Gasteiger partial charge is 0.119 e. The Morgan fingerprint density at radius 1 is 0.900 bits per heavy atom. The lowest BCUT2D eigenvalue weighted by Gasteiger charge is -2.07. The molecule has 0 bridgehead atoms. The largest absolute Gasteiger partial charge is 0.491 e. The normalized spacial score (nSPS) is 19.7. The first-order chi connectivity index (χ1) is 14.7. The Morgan fingerprint density at radius 2 is 1.43 bits per heavy atom. The van der Waals surface area contributed by atoms with Gasteiger partial charge in [0.05, 0.1) is 24.6 Å². The molecule has 2 aliphatic rings. The van der Waals surface area contributed by atoms with Crippen molar-refractivity contribution in [3.05, 3.63) is 60.3 Å². The van der Waals surface area contributed by atoms with Crippen LogP contribution in [0.4, 0.5) is 0 Å². The van der Waals surface area contributed by atoms with E-state index in [-0.39, 0.29) is 12.2 Å². The monoisotopic (exact) mass is 406 g/mol. The highest BCUT2D eigenvalue weighted by molar-refractivity contribution is 5.65. The van der Waals surface area contributed by atoms with Gasteiger partial charge in [-0.05, 0) is 54.4 Å². The molecule has 2 aliphatic heterocycles. The molecule has 6 nitrogen and oxygen atoms in total. The molecule has 3 heterocycles. The molecule has 2 atom stereocenters. The lowest BCUT2D eigenvalue weighted by Crippen LogP contribution is -2.04. The van der Waals surface area contributed by atoms with Crippen LogP contribution in [0.5, 0.6) is 11.5 Å². The van der Waals surface area contributed by atoms with E-state index >= 15 is 0 Å². The van der Waals surface area contributed by atoms with Crippen LogP contribution < -0.4 is 9.47 Å². The highest BCUT2D eigenvalue weighted by atomic mass is 16.6. The van der Waals surface area contributed by atoms with Gasteiger partial charge in [0, 0.05) is 17.3 Å². The van der Waals surface area contributed by atoms with Gasteiger partial charge < -0.3 is 18.9 Å². The van der Waals surface area contributed by atoms with Crippen molar-refractivity contribution in [2.24, 2.45) is 0 Å². The standard InChI is InChI=1S/C24H26N2O4/c1-16(2)23-11-26(18-5-9-20(10-6-18)28-13-22-15-30-22)25-24(23)17-3-7-19(8-4-17)27-12-21-14-29-21/h3-11,16,21-22H,12-15H2,1-2H3. The van der Waals surface area contributed by atoms with Crippen LogP contribution in [-0.4, -0.2) is 48.4 Å². The Labute approximate surface area is 176 Å². The quantitative estimate of drug-likeness (QED) is 0.498. The number of ether oxygens (including phenoxy) is 4. The maximum atomic E-state index is 5.75. The van der Waals surface area contributed by atoms with Crippen LogP contribution in [0.15, 0.2) is 54.7 Å². The minimum atomic E-state index is 0.255. The number of benzene rings is 2. The summed E-state index contributed by atoms with van der Waals surface area (Å²) in [5.74, 6) is 2.06. The second-order valence-corrected chi connectivity index (χ2v) is 8.08. The Hall–Kier alpha value is -2.83. The summed E-state index contributed by atoms with van der Waals surface area (Å²) >= 11 is 0. The molecule has 3 aromatic rings. The van der Waals surface area contributed by atoms with Crippen LogP contribution in [0.3, 0.4) is 0 Å². The van der Waals surface area contributed by atoms with Crippen LogP contribution in [0, 0.1) is 0 Å². The van der Waals surface area contributed by atoms with Crippen LogP contribution in [-0.2, 0) is 9.47 Å². The Balaban J connectivity index is 1.34. The van der Waals surface area contributed by atoms with E-state index in [0.29, 0.717) is 19.1 Å². The van der Waals surface area contributed by atoms with Crippen LogP contribution in [0.1, 0.15) is 25.3 Å². The number of hydrogen-bond acceptors (Lipinski definition) is 5. The van der Waals surface area contributed by atoms with Gasteiger partial charge in [-0.3, -0.25) is 0 Å². The van der Waals surface area contributed by atoms with Gasteiger partial charge in [0.1, 0.15) is 36.9 Å². The fraction of sp³-hybridized carbons (Fsp3) is 0.375. The Morgan fingerprint density at radius 3 is 1.93 bits per heavy atom. The first-order valence-corrected chi connectivity index (χ1v) is 10.4. The van der Waals surface area contributed by atoms with Gasteiger partial charge in [-0.2, -0.15) is 5.10 Å². The van der Waals surface area contributed by atoms with Crippen molar-refractivity contribution in [1.29, 1.82) is 0 Å². The number of aromatic nitrogens is 2. The summed E-state index contributed by atoms with van der Waals surface area (Å²) in [6, 6.07) is 16.1. The van der Waals surface area contributed by atoms with Crippen molar-refractivity contribution in [3.63, 3.8) is 0 Å². The molecular formula is C24H26N2O4. The van der Waals surface area contributed by atoms with E-state index in [1.807, 2.05) is 41.1 Å². The van der Waals surface area contributed by atoms with E-state index in [4.69, 9.17) is 24.0 Å². The lowest BCUT2D eigenvalue weighted by atomic mass is 10.00. The van der Waals surface area contributed by atoms with E-state index in [0.717, 1.165) is 41.7 Å². The molecule has 30 heavy (non-hydrogen) atoms. The van der Waals surface area contributed by atoms with Crippen molar-refractivity contribution in [2.45, 2.75) is 32.0 Å². The molecule has 2 fully saturated rings. The first kappa shape index (κ1) is 19.2. The van der Waals surface area contributed by atoms with E-state index in [1.54, 1.807) is 0 Å². The Bertz CT molecular complexity index is 987. The van der Waals surface area contributed by atoms with Gasteiger partial charge in [0.15, 0.2) is 0 Å². The lowest BCUT2D eigenvalue weighted by molar-refractivity contribution is 0.263. The van der Waals surface area contributed by atoms with Gasteiger partial charge in [0.25, 0.3) is 0 Å². The van der Waals surface area contributed by atoms with E-state index in [9.17, 15) is 0 Å². The summed E-state index contributed by atoms with van der Waals surface area (Å²) in [6.45, 7) is 7.20. The Kier molecular flexibility index (Phi) is 5.19. The molecule has 0 amide bonds. The number of hydrogen-bond donors (Lipinski definition) is 0. The molecule has 0 aliphatic carbocycles. The second kappa shape index (κ2) is 8.13. The summed E-state index contributed by atoms with van der Waals surface area (Å²) in [4.78, 5) is 0. The molecular weight excluding hydrogens is 380 g/mol. The molecule has 6 heteroatoms. The van der Waals surface area contributed by atoms with Gasteiger partial charge in [0.2, 0.25) is 0 Å². The van der Waals surface area contributed by atoms with Crippen molar-refractivity contribution in [1.82, 2.24) is 9.78 Å². The second-order valence-electron chi connectivity index (χ2n) is 8.08. The highest BCUT2D eigenvalue weighted by Gasteiger charge is 2.24. The third-order valence-corrected chi connectivity index (χ3v) is 5.27. The maximum absolute atomic E-state index is 5.75. The molecule has 156 valence electrons. The van der Waals surface area contributed by atoms with E-state index in [1.165, 1.54) is 5.56 Å². The predicted octanol–water partition coefficient (Wildman–Crippen LogP) is 4.22. The first-order valence-electron chi connectivity index (χ1n) is 10.4. The van der Waals surface area contributed by atoms with Gasteiger partial charge in [-0.25, -0.2) is 4.68 Å². The van der Waals surface area contributed by atoms with Gasteiger partial charge >= 0.3 is 0 Å². The zero-order valence-electron chi connectivity index (χ0n) is 17.3. The third-order valence-electron chi connectivity index (χ3n) is 5.27. The van der Waals surface area contributed by atoms with Crippen molar-refractivity contribution < 1.29 is 18.9 Å². The average molecular weight is 406 g/mol. The molecule has 2 unspecified atom stereocenters. The minimum Gasteiger partial charge on any atom is -0.491 e. The van der Waals surface area contributed by atoms with Crippen LogP contribution in [0.2, 0.25) is 0 Å². The minimum absolute atomic E-state index is 0.255. The fourth-order valence-electron chi connectivity index (χ4n) is 3.28. The van der Waals surface area contributed by atoms with Crippen molar-refractivity contribution in [3.8, 4) is 28.4 Å². The summed E-state index contributed by atoms with van der Waals surface area (Å²) < 4.78 is 23.8. The van der Waals surface area contributed by atoms with Crippen LogP contribution in [0.25, 0.3) is 16.9 Å². The molecule has 2 saturated heterocycles. The summed E-state index contributed by atoms with van der Waals surface area (Å²) in [5.41, 5.74) is 4.29. The number of rotatable bonds is 9. The van der Waals surface area contributed by atoms with Gasteiger partial charge in [-0.1, -0.05) is 13.8 Å². The number of epoxide rings is 2. The molecule has 5 rings (SSSR count). The fourth-order valence-corrected chi connectivity index (χ4v) is 3.28. The molecule has 2 aromatic carbocycles. The summed E-state index contributed by atoms with van der Waals surface area (Å²) in [5, 5.41) is 4.89. The molecule has 0 spiro atoms. The number of nitrogens with zero attached hydrogens (tertiary/aromatic N) is 2. The molecule has 0 radical (unpaired) electrons. The maximum Gasteiger partial charge on any atom is 0.119 e. The average Bonchev–Trinajstić information content (AvgIpc) is 3.70. The zero-order chi connectivity index (χ0) is 20.5. The predicted molar refractivity (Wildman–Crippen MR) is 114 cm³/mol. The van der Waals surface area contributed by atoms with Crippen molar-refractivity contribution in [2.75, 3.05) is 26.4 Å². The SMILES string of the molecule is CC(C)c1cn(-c2ccc(OCC3CO3)cc2)nc1-c1ccc(OCC2CO2)cc1. The summed E-state index contributed by atoms with van der Waals surface area (Å²) in [6.07, 6.45) is 2.63. The van der Waals surface area contributed by atoms with Crippen LogP contribution >= 0.6 is 0 Å². The van der Waals surface area contributed by atoms with E-state index < -0.39 is 0 Å². The van der Waals surface area contributed by atoms with Crippen molar-refractivity contribution >= 4 is 0 Å². The highest BCUT2D eigenvalue weighted by Crippen LogP contribution is 2.31. The van der Waals surface area contributed by atoms with Gasteiger partial charge in [-0.15, -0.1) is 0 Å². The van der Waals surface area contributed by atoms with E-state index in [2.05, 4.69) is 32.2 Å². The zero-order valence-corrected chi connectivity index (χ0v) is 17.3. The topological polar surface area (TPSA) is 61.3 Å². The molecule has 1 aromatic heterocycles. The molecule has 0 N–H and O–H groups in total. The third kappa shape index (κ3) is 4.50. The molecule has 0 saturated carbocycles. The summed E-state index contributed by atoms with van der Waals surface area (Å²) in [7, 11) is 0.